The number of primary amides is 1. The molecule has 2 aromatic carbocycles. The Bertz CT molecular complexity index is 1010. The zero-order valence-electron chi connectivity index (χ0n) is 14.5. The molecule has 0 saturated carbocycles. The molecule has 0 spiro atoms. The Labute approximate surface area is 151 Å². The number of nitriles is 1. The van der Waals surface area contributed by atoms with Crippen LogP contribution >= 0.6 is 0 Å². The first kappa shape index (κ1) is 17.3. The first-order valence-corrected chi connectivity index (χ1v) is 8.27. The van der Waals surface area contributed by atoms with Gasteiger partial charge in [-0.3, -0.25) is 4.79 Å². The summed E-state index contributed by atoms with van der Waals surface area (Å²) >= 11 is 0. The molecule has 5 nitrogen and oxygen atoms in total. The largest absolute Gasteiger partial charge is 0.492 e. The van der Waals surface area contributed by atoms with Gasteiger partial charge in [0.1, 0.15) is 24.0 Å². The Hall–Kier alpha value is -3.52. The van der Waals surface area contributed by atoms with Crippen molar-refractivity contribution < 1.29 is 9.53 Å². The minimum atomic E-state index is -0.730. The molecule has 3 rings (SSSR count). The predicted molar refractivity (Wildman–Crippen MR) is 101 cm³/mol. The van der Waals surface area contributed by atoms with Crippen molar-refractivity contribution in [2.45, 2.75) is 13.5 Å². The van der Waals surface area contributed by atoms with Crippen LogP contribution in [0, 0.1) is 18.3 Å². The summed E-state index contributed by atoms with van der Waals surface area (Å²) < 4.78 is 7.85. The highest BCUT2D eigenvalue weighted by Gasteiger charge is 2.10. The van der Waals surface area contributed by atoms with E-state index in [2.05, 4.69) is 0 Å². The van der Waals surface area contributed by atoms with E-state index in [4.69, 9.17) is 15.7 Å². The van der Waals surface area contributed by atoms with Gasteiger partial charge in [0, 0.05) is 22.7 Å². The second-order valence-corrected chi connectivity index (χ2v) is 5.99. The number of nitrogens with two attached hydrogens (primary N) is 1. The van der Waals surface area contributed by atoms with Gasteiger partial charge in [-0.05, 0) is 31.2 Å². The molecule has 0 aliphatic heterocycles. The Kier molecular flexibility index (Phi) is 5.04. The van der Waals surface area contributed by atoms with Crippen LogP contribution in [0.4, 0.5) is 0 Å². The molecule has 0 aliphatic rings. The van der Waals surface area contributed by atoms with E-state index in [0.29, 0.717) is 13.2 Å². The minimum absolute atomic E-state index is 0.0659. The summed E-state index contributed by atoms with van der Waals surface area (Å²) in [6.07, 6.45) is 3.44. The summed E-state index contributed by atoms with van der Waals surface area (Å²) in [5, 5.41) is 10.0. The molecule has 0 radical (unpaired) electrons. The number of hydrogen-bond donors (Lipinski definition) is 1. The van der Waals surface area contributed by atoms with Crippen molar-refractivity contribution >= 4 is 22.9 Å². The van der Waals surface area contributed by atoms with E-state index in [1.165, 1.54) is 11.6 Å². The van der Waals surface area contributed by atoms with E-state index in [0.717, 1.165) is 22.2 Å². The van der Waals surface area contributed by atoms with Gasteiger partial charge in [0.15, 0.2) is 0 Å². The van der Waals surface area contributed by atoms with Gasteiger partial charge in [-0.15, -0.1) is 0 Å². The molecule has 0 unspecified atom stereocenters. The van der Waals surface area contributed by atoms with E-state index < -0.39 is 5.91 Å². The van der Waals surface area contributed by atoms with Gasteiger partial charge in [-0.2, -0.15) is 5.26 Å². The Balaban J connectivity index is 1.84. The number of aromatic nitrogens is 1. The molecule has 0 fully saturated rings. The van der Waals surface area contributed by atoms with Gasteiger partial charge in [0.2, 0.25) is 0 Å². The fourth-order valence-corrected chi connectivity index (χ4v) is 2.79. The van der Waals surface area contributed by atoms with E-state index in [9.17, 15) is 4.79 Å². The van der Waals surface area contributed by atoms with Crippen molar-refractivity contribution in [1.29, 1.82) is 5.26 Å². The van der Waals surface area contributed by atoms with E-state index >= 15 is 0 Å². The normalized spacial score (nSPS) is 11.3. The van der Waals surface area contributed by atoms with Crippen LogP contribution in [0.2, 0.25) is 0 Å². The standard InChI is InChI=1S/C21H19N3O2/c1-15-6-8-18(9-7-15)26-11-10-24-14-17(12-16(13-22)21(23)25)19-4-2-3-5-20(19)24/h2-9,12,14H,10-11H2,1H3,(H2,23,25)/b16-12-. The number of benzene rings is 2. The summed E-state index contributed by atoms with van der Waals surface area (Å²) in [5.41, 5.74) is 8.16. The Morgan fingerprint density at radius 3 is 2.65 bits per heavy atom. The predicted octanol–water partition coefficient (Wildman–Crippen LogP) is 3.42. The number of rotatable bonds is 6. The molecular weight excluding hydrogens is 326 g/mol. The van der Waals surface area contributed by atoms with Crippen molar-refractivity contribution in [3.05, 3.63) is 71.4 Å². The number of fused-ring (bicyclic) bond motifs is 1. The number of carbonyl (C=O) groups is 1. The van der Waals surface area contributed by atoms with Gasteiger partial charge < -0.3 is 15.0 Å². The maximum atomic E-state index is 11.3. The highest BCUT2D eigenvalue weighted by molar-refractivity contribution is 6.03. The molecule has 26 heavy (non-hydrogen) atoms. The number of aryl methyl sites for hydroxylation is 1. The summed E-state index contributed by atoms with van der Waals surface area (Å²) in [5.74, 6) is 0.0970. The summed E-state index contributed by atoms with van der Waals surface area (Å²) in [4.78, 5) is 11.3. The van der Waals surface area contributed by atoms with Gasteiger partial charge in [0.25, 0.3) is 5.91 Å². The zero-order valence-corrected chi connectivity index (χ0v) is 14.5. The van der Waals surface area contributed by atoms with Crippen LogP contribution in [0.1, 0.15) is 11.1 Å². The van der Waals surface area contributed by atoms with Crippen molar-refractivity contribution in [3.63, 3.8) is 0 Å². The zero-order chi connectivity index (χ0) is 18.5. The smallest absolute Gasteiger partial charge is 0.259 e. The summed E-state index contributed by atoms with van der Waals surface area (Å²) in [6.45, 7) is 3.18. The third-order valence-corrected chi connectivity index (χ3v) is 4.13. The van der Waals surface area contributed by atoms with E-state index in [-0.39, 0.29) is 5.57 Å². The van der Waals surface area contributed by atoms with Crippen molar-refractivity contribution in [3.8, 4) is 11.8 Å². The minimum Gasteiger partial charge on any atom is -0.492 e. The molecule has 1 aromatic heterocycles. The average molecular weight is 345 g/mol. The molecular formula is C21H19N3O2. The van der Waals surface area contributed by atoms with E-state index in [1.807, 2.05) is 72.3 Å². The lowest BCUT2D eigenvalue weighted by atomic mass is 10.1. The molecule has 1 amide bonds. The monoisotopic (exact) mass is 345 g/mol. The molecule has 0 bridgehead atoms. The number of carbonyl (C=O) groups excluding carboxylic acids is 1. The summed E-state index contributed by atoms with van der Waals surface area (Å²) in [7, 11) is 0. The highest BCUT2D eigenvalue weighted by Crippen LogP contribution is 2.23. The lowest BCUT2D eigenvalue weighted by molar-refractivity contribution is -0.114. The molecule has 0 saturated heterocycles. The molecule has 3 aromatic rings. The Morgan fingerprint density at radius 1 is 1.23 bits per heavy atom. The highest BCUT2D eigenvalue weighted by atomic mass is 16.5. The van der Waals surface area contributed by atoms with E-state index in [1.54, 1.807) is 0 Å². The first-order valence-electron chi connectivity index (χ1n) is 8.27. The fourth-order valence-electron chi connectivity index (χ4n) is 2.79. The second kappa shape index (κ2) is 7.58. The lowest BCUT2D eigenvalue weighted by Crippen LogP contribution is -2.12. The second-order valence-electron chi connectivity index (χ2n) is 5.99. The first-order chi connectivity index (χ1) is 12.6. The molecule has 130 valence electrons. The van der Waals surface area contributed by atoms with Crippen molar-refractivity contribution in [1.82, 2.24) is 4.57 Å². The van der Waals surface area contributed by atoms with Crippen LogP contribution < -0.4 is 10.5 Å². The SMILES string of the molecule is Cc1ccc(OCCn2cc(/C=C(/C#N)C(N)=O)c3ccccc32)cc1. The van der Waals surface area contributed by atoms with Gasteiger partial charge in [-0.1, -0.05) is 35.9 Å². The van der Waals surface area contributed by atoms with Crippen molar-refractivity contribution in [2.75, 3.05) is 6.61 Å². The van der Waals surface area contributed by atoms with Gasteiger partial charge in [0.05, 0.1) is 6.54 Å². The molecule has 2 N–H and O–H groups in total. The third-order valence-electron chi connectivity index (χ3n) is 4.13. The molecule has 1 heterocycles. The van der Waals surface area contributed by atoms with Crippen LogP contribution in [0.25, 0.3) is 17.0 Å². The van der Waals surface area contributed by atoms with Crippen molar-refractivity contribution in [2.24, 2.45) is 5.73 Å². The van der Waals surface area contributed by atoms with Crippen LogP contribution in [-0.4, -0.2) is 17.1 Å². The number of para-hydroxylation sites is 1. The maximum Gasteiger partial charge on any atom is 0.259 e. The number of ether oxygens (including phenoxy) is 1. The van der Waals surface area contributed by atoms with Crippen LogP contribution in [-0.2, 0) is 11.3 Å². The molecule has 0 aliphatic carbocycles. The number of nitrogens with zero attached hydrogens (tertiary/aromatic N) is 2. The van der Waals surface area contributed by atoms with Crippen LogP contribution in [0.15, 0.2) is 60.3 Å². The average Bonchev–Trinajstić information content (AvgIpc) is 2.99. The summed E-state index contributed by atoms with van der Waals surface area (Å²) in [6, 6.07) is 17.6. The number of hydrogen-bond acceptors (Lipinski definition) is 3. The third kappa shape index (κ3) is 3.76. The topological polar surface area (TPSA) is 81.0 Å². The van der Waals surface area contributed by atoms with Gasteiger partial charge in [-0.25, -0.2) is 0 Å². The van der Waals surface area contributed by atoms with Crippen LogP contribution in [0.5, 0.6) is 5.75 Å². The molecule has 0 atom stereocenters. The lowest BCUT2D eigenvalue weighted by Gasteiger charge is -2.08. The van der Waals surface area contributed by atoms with Crippen LogP contribution in [0.3, 0.4) is 0 Å². The number of amides is 1. The molecule has 5 heteroatoms. The fraction of sp³-hybridized carbons (Fsp3) is 0.143. The maximum absolute atomic E-state index is 11.3. The van der Waals surface area contributed by atoms with Gasteiger partial charge >= 0.3 is 0 Å². The Morgan fingerprint density at radius 2 is 1.96 bits per heavy atom. The quantitative estimate of drug-likeness (QED) is 0.549.